The van der Waals surface area contributed by atoms with Crippen LogP contribution in [0.3, 0.4) is 0 Å². The Balaban J connectivity index is 1.91. The monoisotopic (exact) mass is 410 g/mol. The molecule has 0 aliphatic carbocycles. The number of carbonyl (C=O) groups is 3. The van der Waals surface area contributed by atoms with Crippen LogP contribution >= 0.6 is 0 Å². The van der Waals surface area contributed by atoms with E-state index < -0.39 is 42.1 Å². The molecule has 0 saturated carbocycles. The molecule has 2 aliphatic heterocycles. The Morgan fingerprint density at radius 2 is 1.47 bits per heavy atom. The second-order valence-electron chi connectivity index (χ2n) is 7.10. The maximum atomic E-state index is 12.9. The Morgan fingerprint density at radius 3 is 2.03 bits per heavy atom. The van der Waals surface area contributed by atoms with Crippen LogP contribution in [-0.2, 0) is 23.8 Å². The Hall–Kier alpha value is -3.39. The summed E-state index contributed by atoms with van der Waals surface area (Å²) < 4.78 is 15.4. The summed E-state index contributed by atoms with van der Waals surface area (Å²) >= 11 is 0. The van der Waals surface area contributed by atoms with Crippen LogP contribution in [0.2, 0.25) is 0 Å². The molecule has 8 heteroatoms. The third-order valence-corrected chi connectivity index (χ3v) is 5.59. The summed E-state index contributed by atoms with van der Waals surface area (Å²) in [7, 11) is 2.49. The fraction of sp³-hybridized carbons (Fsp3) is 0.318. The van der Waals surface area contributed by atoms with Gasteiger partial charge in [-0.25, -0.2) is 14.6 Å². The van der Waals surface area contributed by atoms with Crippen LogP contribution in [0.15, 0.2) is 60.7 Å². The van der Waals surface area contributed by atoms with Crippen molar-refractivity contribution in [1.82, 2.24) is 10.0 Å². The van der Waals surface area contributed by atoms with Crippen molar-refractivity contribution >= 4 is 18.0 Å². The number of methoxy groups -OCH3 is 2. The van der Waals surface area contributed by atoms with Crippen molar-refractivity contribution in [2.24, 2.45) is 5.92 Å². The molecule has 30 heavy (non-hydrogen) atoms. The number of nitrogens with zero attached hydrogens (tertiary/aromatic N) is 2. The van der Waals surface area contributed by atoms with Gasteiger partial charge in [0.05, 0.1) is 26.3 Å². The van der Waals surface area contributed by atoms with Crippen LogP contribution in [0, 0.1) is 5.92 Å². The predicted molar refractivity (Wildman–Crippen MR) is 105 cm³/mol. The molecule has 4 rings (SSSR count). The molecule has 0 radical (unpaired) electrons. The van der Waals surface area contributed by atoms with Gasteiger partial charge in [0.25, 0.3) is 0 Å². The molecule has 156 valence electrons. The van der Waals surface area contributed by atoms with Gasteiger partial charge in [-0.15, -0.1) is 0 Å². The number of esters is 2. The zero-order chi connectivity index (χ0) is 21.3. The Bertz CT molecular complexity index is 935. The van der Waals surface area contributed by atoms with E-state index in [1.54, 1.807) is 5.01 Å². The first-order valence-corrected chi connectivity index (χ1v) is 9.58. The van der Waals surface area contributed by atoms with Gasteiger partial charge in [0.1, 0.15) is 12.5 Å². The molecule has 2 saturated heterocycles. The first-order chi connectivity index (χ1) is 14.6. The first-order valence-electron chi connectivity index (χ1n) is 9.58. The number of rotatable bonds is 4. The molecule has 0 N–H and O–H groups in total. The minimum absolute atomic E-state index is 0.0878. The molecule has 0 unspecified atom stereocenters. The van der Waals surface area contributed by atoms with E-state index >= 15 is 0 Å². The molecule has 2 aromatic carbocycles. The molecule has 2 aromatic rings. The average Bonchev–Trinajstić information content (AvgIpc) is 3.16. The van der Waals surface area contributed by atoms with Crippen molar-refractivity contribution in [3.8, 4) is 0 Å². The van der Waals surface area contributed by atoms with E-state index in [1.165, 1.54) is 19.2 Å². The van der Waals surface area contributed by atoms with Crippen LogP contribution < -0.4 is 0 Å². The number of fused-ring (bicyclic) bond motifs is 1. The number of ether oxygens (including phenoxy) is 3. The highest BCUT2D eigenvalue weighted by Crippen LogP contribution is 2.49. The lowest BCUT2D eigenvalue weighted by Gasteiger charge is -2.42. The average molecular weight is 410 g/mol. The van der Waals surface area contributed by atoms with Crippen LogP contribution in [-0.4, -0.2) is 54.9 Å². The highest BCUT2D eigenvalue weighted by molar-refractivity contribution is 5.89. The Kier molecular flexibility index (Phi) is 5.41. The fourth-order valence-corrected chi connectivity index (χ4v) is 4.31. The van der Waals surface area contributed by atoms with Crippen LogP contribution in [0.5, 0.6) is 0 Å². The highest BCUT2D eigenvalue weighted by atomic mass is 16.6. The molecular weight excluding hydrogens is 388 g/mol. The Morgan fingerprint density at radius 1 is 0.900 bits per heavy atom. The second-order valence-corrected chi connectivity index (χ2v) is 7.10. The van der Waals surface area contributed by atoms with Gasteiger partial charge in [-0.1, -0.05) is 60.7 Å². The van der Waals surface area contributed by atoms with Crippen molar-refractivity contribution in [2.75, 3.05) is 20.8 Å². The van der Waals surface area contributed by atoms with Gasteiger partial charge in [0.15, 0.2) is 6.04 Å². The minimum atomic E-state index is -1.20. The normalized spacial score (nSPS) is 25.9. The van der Waals surface area contributed by atoms with E-state index in [9.17, 15) is 14.4 Å². The molecule has 2 fully saturated rings. The van der Waals surface area contributed by atoms with E-state index in [0.717, 1.165) is 11.1 Å². The van der Waals surface area contributed by atoms with E-state index in [4.69, 9.17) is 14.2 Å². The molecule has 4 atom stereocenters. The number of benzene rings is 2. The van der Waals surface area contributed by atoms with Crippen LogP contribution in [0.1, 0.15) is 23.2 Å². The van der Waals surface area contributed by atoms with Crippen molar-refractivity contribution in [1.29, 1.82) is 0 Å². The van der Waals surface area contributed by atoms with E-state index in [1.807, 2.05) is 60.7 Å². The number of carbonyl (C=O) groups excluding carboxylic acids is 3. The van der Waals surface area contributed by atoms with E-state index in [-0.39, 0.29) is 6.61 Å². The van der Waals surface area contributed by atoms with Crippen molar-refractivity contribution in [2.45, 2.75) is 18.1 Å². The summed E-state index contributed by atoms with van der Waals surface area (Å²) in [6.07, 6.45) is -0.704. The molecule has 0 aromatic heterocycles. The number of hydrogen-bond donors (Lipinski definition) is 0. The van der Waals surface area contributed by atoms with Crippen LogP contribution in [0.4, 0.5) is 4.79 Å². The van der Waals surface area contributed by atoms with Crippen molar-refractivity contribution in [3.63, 3.8) is 0 Å². The number of amides is 1. The largest absolute Gasteiger partial charge is 0.469 e. The van der Waals surface area contributed by atoms with Gasteiger partial charge in [0.2, 0.25) is 0 Å². The fourth-order valence-electron chi connectivity index (χ4n) is 4.31. The quantitative estimate of drug-likeness (QED) is 0.565. The summed E-state index contributed by atoms with van der Waals surface area (Å²) in [5.74, 6) is -2.30. The van der Waals surface area contributed by atoms with Gasteiger partial charge < -0.3 is 14.2 Å². The maximum Gasteiger partial charge on any atom is 0.425 e. The predicted octanol–water partition coefficient (Wildman–Crippen LogP) is 2.48. The first kappa shape index (κ1) is 19.9. The lowest BCUT2D eigenvalue weighted by molar-refractivity contribution is -0.159. The zero-order valence-electron chi connectivity index (χ0n) is 16.6. The molecule has 2 aliphatic rings. The molecule has 2 heterocycles. The van der Waals surface area contributed by atoms with Gasteiger partial charge >= 0.3 is 18.0 Å². The van der Waals surface area contributed by atoms with Crippen molar-refractivity contribution in [3.05, 3.63) is 71.8 Å². The van der Waals surface area contributed by atoms with Gasteiger partial charge in [-0.05, 0) is 11.1 Å². The molecule has 1 amide bonds. The lowest BCUT2D eigenvalue weighted by atomic mass is 9.88. The Labute approximate surface area is 173 Å². The number of hydrogen-bond acceptors (Lipinski definition) is 7. The summed E-state index contributed by atoms with van der Waals surface area (Å²) in [4.78, 5) is 38.5. The summed E-state index contributed by atoms with van der Waals surface area (Å²) in [6, 6.07) is 16.6. The summed E-state index contributed by atoms with van der Waals surface area (Å²) in [5, 5.41) is 2.98. The molecule has 0 bridgehead atoms. The van der Waals surface area contributed by atoms with Crippen molar-refractivity contribution < 1.29 is 28.6 Å². The minimum Gasteiger partial charge on any atom is -0.469 e. The lowest BCUT2D eigenvalue weighted by Crippen LogP contribution is -2.55. The SMILES string of the molecule is COC(=O)[C@@H]1[C@H](C(=O)OC)N2C(=O)OC[C@@H](c3ccccc3)N2[C@H]1c1ccccc1. The summed E-state index contributed by atoms with van der Waals surface area (Å²) in [6.45, 7) is 0.0878. The van der Waals surface area contributed by atoms with Crippen LogP contribution in [0.25, 0.3) is 0 Å². The second kappa shape index (κ2) is 8.16. The highest BCUT2D eigenvalue weighted by Gasteiger charge is 2.61. The molecular formula is C22H22N2O6. The molecule has 0 spiro atoms. The third kappa shape index (κ3) is 3.19. The molecule has 8 nitrogen and oxygen atoms in total. The summed E-state index contributed by atoms with van der Waals surface area (Å²) in [5.41, 5.74) is 1.67. The van der Waals surface area contributed by atoms with Gasteiger partial charge in [-0.3, -0.25) is 4.79 Å². The van der Waals surface area contributed by atoms with Gasteiger partial charge in [-0.2, -0.15) is 5.01 Å². The standard InChI is InChI=1S/C22H22N2O6/c1-28-20(25)17-18(15-11-7-4-8-12-15)23-16(14-9-5-3-6-10-14)13-30-22(27)24(23)19(17)21(26)29-2/h3-12,16-19H,13H2,1-2H3/t16-,17-,18-,19+/m0/s1. The smallest absolute Gasteiger partial charge is 0.425 e. The number of hydrazine groups is 1. The number of cyclic esters (lactones) is 1. The topological polar surface area (TPSA) is 85.4 Å². The zero-order valence-corrected chi connectivity index (χ0v) is 16.6. The van der Waals surface area contributed by atoms with E-state index in [0.29, 0.717) is 0 Å². The maximum absolute atomic E-state index is 12.9. The third-order valence-electron chi connectivity index (χ3n) is 5.59. The van der Waals surface area contributed by atoms with E-state index in [2.05, 4.69) is 0 Å². The van der Waals surface area contributed by atoms with Gasteiger partial charge in [0, 0.05) is 0 Å².